The minimum absolute atomic E-state index is 0. The molecule has 0 radical (unpaired) electrons. The zero-order valence-corrected chi connectivity index (χ0v) is 18.4. The Labute approximate surface area is 210 Å². The quantitative estimate of drug-likeness (QED) is 0.447. The van der Waals surface area contributed by atoms with Crippen LogP contribution in [-0.4, -0.2) is 5.11 Å². The number of hydrogen-bond acceptors (Lipinski definition) is 5. The molecule has 1 aromatic heterocycles. The van der Waals surface area contributed by atoms with E-state index in [1.807, 2.05) is 0 Å². The van der Waals surface area contributed by atoms with Gasteiger partial charge in [0.25, 0.3) is 0 Å². The number of phenols is 1. The summed E-state index contributed by atoms with van der Waals surface area (Å²) in [5.74, 6) is -0.781. The number of fused-ring (bicyclic) bond motifs is 1. The van der Waals surface area contributed by atoms with E-state index in [4.69, 9.17) is 4.42 Å². The molecule has 0 spiro atoms. The second kappa shape index (κ2) is 8.43. The second-order valence-corrected chi connectivity index (χ2v) is 4.32. The molecule has 0 saturated carbocycles. The number of hydrogen-bond donors (Lipinski definition) is 1. The number of benzene rings is 2. The van der Waals surface area contributed by atoms with Gasteiger partial charge in [-0.25, -0.2) is 0 Å². The van der Waals surface area contributed by atoms with Gasteiger partial charge in [-0.2, -0.15) is 0 Å². The molecule has 100 valence electrons. The molecular weight excluding hydrogens is 338 g/mol. The third kappa shape index (κ3) is 4.24. The van der Waals surface area contributed by atoms with Crippen LogP contribution in [0.5, 0.6) is 17.2 Å². The van der Waals surface area contributed by atoms with E-state index in [1.165, 1.54) is 36.4 Å². The van der Waals surface area contributed by atoms with Gasteiger partial charge in [0.2, 0.25) is 0 Å². The van der Waals surface area contributed by atoms with Crippen LogP contribution >= 0.6 is 0 Å². The van der Waals surface area contributed by atoms with E-state index in [1.54, 1.807) is 0 Å². The second-order valence-electron chi connectivity index (χ2n) is 4.32. The molecule has 0 fully saturated rings. The first-order chi connectivity index (χ1) is 9.54. The molecule has 0 aliphatic carbocycles. The van der Waals surface area contributed by atoms with Crippen LogP contribution in [0, 0.1) is 0 Å². The Hall–Kier alpha value is 0.323. The molecule has 0 aliphatic rings. The predicted octanol–water partition coefficient (Wildman–Crippen LogP) is -4.68. The van der Waals surface area contributed by atoms with Crippen LogP contribution in [0.3, 0.4) is 0 Å². The summed E-state index contributed by atoms with van der Waals surface area (Å²) in [5.41, 5.74) is 0.0699. The molecule has 2 aromatic carbocycles. The molecule has 0 aliphatic heterocycles. The van der Waals surface area contributed by atoms with E-state index in [9.17, 15) is 20.1 Å². The van der Waals surface area contributed by atoms with Gasteiger partial charge in [0, 0.05) is 17.7 Å². The zero-order chi connectivity index (χ0) is 14.3. The van der Waals surface area contributed by atoms with Crippen LogP contribution in [0.25, 0.3) is 22.3 Å². The van der Waals surface area contributed by atoms with E-state index in [2.05, 4.69) is 0 Å². The minimum Gasteiger partial charge on any atom is -0.872 e. The topological polar surface area (TPSA) is 96.6 Å². The van der Waals surface area contributed by atoms with Gasteiger partial charge < -0.3 is 19.7 Å². The molecule has 3 rings (SSSR count). The molecule has 0 unspecified atom stereocenters. The number of aromatic hydroxyl groups is 1. The molecule has 22 heavy (non-hydrogen) atoms. The van der Waals surface area contributed by atoms with Gasteiger partial charge in [-0.15, -0.1) is 5.75 Å². The van der Waals surface area contributed by atoms with Crippen molar-refractivity contribution < 1.29 is 123 Å². The zero-order valence-electron chi connectivity index (χ0n) is 12.1. The summed E-state index contributed by atoms with van der Waals surface area (Å²) in [7, 11) is 0. The van der Waals surface area contributed by atoms with Crippen LogP contribution in [0.15, 0.2) is 51.7 Å². The van der Waals surface area contributed by atoms with Crippen LogP contribution < -0.4 is 118 Å². The Bertz CT molecular complexity index is 856. The van der Waals surface area contributed by atoms with Crippen molar-refractivity contribution >= 4 is 11.0 Å². The SMILES string of the molecule is O=c1cc(-c2ccc([O-])cc2)oc2cc(O)cc([O-])c12.[K+].[K+]. The minimum atomic E-state index is -0.588. The standard InChI is InChI=1S/C15H10O5.2K/c16-9-3-1-8(2-4-9)13-7-12(19)15-11(18)5-10(17)6-14(15)20-13;;/h1-7,16-18H;;/q;2*+1/p-2. The Morgan fingerprint density at radius 2 is 1.59 bits per heavy atom. The Balaban J connectivity index is 0.00000121. The first-order valence-corrected chi connectivity index (χ1v) is 5.80. The molecule has 1 heterocycles. The largest absolute Gasteiger partial charge is 1.00 e. The maximum atomic E-state index is 12.0. The molecule has 7 heteroatoms. The van der Waals surface area contributed by atoms with Gasteiger partial charge in [-0.3, -0.25) is 4.79 Å². The van der Waals surface area contributed by atoms with Gasteiger partial charge in [0.05, 0.1) is 5.39 Å². The summed E-state index contributed by atoms with van der Waals surface area (Å²) in [6.07, 6.45) is 0. The Morgan fingerprint density at radius 1 is 0.955 bits per heavy atom. The fraction of sp³-hybridized carbons (Fsp3) is 0. The molecule has 5 nitrogen and oxygen atoms in total. The maximum Gasteiger partial charge on any atom is 1.00 e. The first-order valence-electron chi connectivity index (χ1n) is 5.80. The van der Waals surface area contributed by atoms with Crippen LogP contribution in [0.4, 0.5) is 0 Å². The molecule has 1 N–H and O–H groups in total. The summed E-state index contributed by atoms with van der Waals surface area (Å²) in [6, 6.07) is 9.11. The van der Waals surface area contributed by atoms with Gasteiger partial charge in [0.15, 0.2) is 5.43 Å². The third-order valence-corrected chi connectivity index (χ3v) is 2.92. The summed E-state index contributed by atoms with van der Waals surface area (Å²) < 4.78 is 5.47. The van der Waals surface area contributed by atoms with E-state index >= 15 is 0 Å². The molecular formula is C15H8K2O5. The average Bonchev–Trinajstić information content (AvgIpc) is 2.38. The molecule has 0 amide bonds. The fourth-order valence-electron chi connectivity index (χ4n) is 2.00. The van der Waals surface area contributed by atoms with Crippen molar-refractivity contribution in [2.45, 2.75) is 0 Å². The van der Waals surface area contributed by atoms with Gasteiger partial charge in [-0.05, 0) is 6.07 Å². The van der Waals surface area contributed by atoms with E-state index < -0.39 is 11.2 Å². The summed E-state index contributed by atoms with van der Waals surface area (Å²) in [6.45, 7) is 0. The van der Waals surface area contributed by atoms with Crippen LogP contribution in [-0.2, 0) is 0 Å². The van der Waals surface area contributed by atoms with Crippen molar-refractivity contribution in [3.8, 4) is 28.6 Å². The smallest absolute Gasteiger partial charge is 0.872 e. The third-order valence-electron chi connectivity index (χ3n) is 2.92. The fourth-order valence-corrected chi connectivity index (χ4v) is 2.00. The maximum absolute atomic E-state index is 12.0. The van der Waals surface area contributed by atoms with Gasteiger partial charge in [-0.1, -0.05) is 30.0 Å². The Kier molecular flexibility index (Phi) is 7.80. The Morgan fingerprint density at radius 3 is 2.23 bits per heavy atom. The van der Waals surface area contributed by atoms with Crippen molar-refractivity contribution in [2.24, 2.45) is 0 Å². The molecule has 3 aromatic rings. The van der Waals surface area contributed by atoms with Crippen molar-refractivity contribution in [1.82, 2.24) is 0 Å². The van der Waals surface area contributed by atoms with Crippen molar-refractivity contribution in [3.63, 3.8) is 0 Å². The average molecular weight is 346 g/mol. The molecule has 0 bridgehead atoms. The first kappa shape index (κ1) is 20.4. The monoisotopic (exact) mass is 346 g/mol. The molecule has 0 saturated heterocycles. The number of phenolic OH excluding ortho intramolecular Hbond substituents is 1. The van der Waals surface area contributed by atoms with E-state index in [0.717, 1.165) is 6.07 Å². The summed E-state index contributed by atoms with van der Waals surface area (Å²) in [4.78, 5) is 12.0. The summed E-state index contributed by atoms with van der Waals surface area (Å²) >= 11 is 0. The van der Waals surface area contributed by atoms with Gasteiger partial charge in [0.1, 0.15) is 17.1 Å². The number of rotatable bonds is 1. The van der Waals surface area contributed by atoms with Crippen LogP contribution in [0.2, 0.25) is 0 Å². The van der Waals surface area contributed by atoms with Crippen molar-refractivity contribution in [1.29, 1.82) is 0 Å². The van der Waals surface area contributed by atoms with E-state index in [0.29, 0.717) is 5.56 Å². The van der Waals surface area contributed by atoms with E-state index in [-0.39, 0.29) is 131 Å². The predicted molar refractivity (Wildman–Crippen MR) is 68.5 cm³/mol. The van der Waals surface area contributed by atoms with Crippen molar-refractivity contribution in [3.05, 3.63) is 52.7 Å². The van der Waals surface area contributed by atoms with Crippen LogP contribution in [0.1, 0.15) is 0 Å². The van der Waals surface area contributed by atoms with Gasteiger partial charge >= 0.3 is 103 Å². The van der Waals surface area contributed by atoms with Crippen molar-refractivity contribution in [2.75, 3.05) is 0 Å². The summed E-state index contributed by atoms with van der Waals surface area (Å²) in [5, 5.41) is 32.0. The molecule has 0 atom stereocenters. The normalized spacial score (nSPS) is 9.82.